The maximum absolute atomic E-state index is 11.0. The topological polar surface area (TPSA) is 101 Å². The highest BCUT2D eigenvalue weighted by atomic mass is 16.5. The Balaban J connectivity index is 2.69. The number of anilines is 2. The highest BCUT2D eigenvalue weighted by molar-refractivity contribution is 5.31. The third-order valence-corrected chi connectivity index (χ3v) is 1.69. The van der Waals surface area contributed by atoms with Crippen molar-refractivity contribution in [3.63, 3.8) is 0 Å². The lowest BCUT2D eigenvalue weighted by molar-refractivity contribution is -0.577. The van der Waals surface area contributed by atoms with Crippen molar-refractivity contribution in [2.75, 3.05) is 18.1 Å². The molecule has 0 aromatic carbocycles. The Kier molecular flexibility index (Phi) is 3.33. The van der Waals surface area contributed by atoms with E-state index in [1.807, 2.05) is 0 Å². The molecule has 0 saturated heterocycles. The molecule has 1 aromatic rings. The van der Waals surface area contributed by atoms with Crippen LogP contribution in [-0.2, 0) is 0 Å². The molecule has 6 nitrogen and oxygen atoms in total. The second-order valence-electron chi connectivity index (χ2n) is 2.87. The van der Waals surface area contributed by atoms with E-state index in [4.69, 9.17) is 16.2 Å². The highest BCUT2D eigenvalue weighted by Crippen LogP contribution is 2.10. The Morgan fingerprint density at radius 2 is 2.29 bits per heavy atom. The number of ether oxygens (including phenoxy) is 1. The van der Waals surface area contributed by atoms with Gasteiger partial charge in [0, 0.05) is 0 Å². The zero-order valence-corrected chi connectivity index (χ0v) is 8.06. The molecule has 78 valence electrons. The summed E-state index contributed by atoms with van der Waals surface area (Å²) in [6.07, 6.45) is 1.95. The van der Waals surface area contributed by atoms with E-state index in [2.05, 4.69) is 11.9 Å². The van der Waals surface area contributed by atoms with Gasteiger partial charge in [-0.25, -0.2) is 4.73 Å². The molecule has 0 saturated carbocycles. The lowest BCUT2D eigenvalue weighted by Crippen LogP contribution is -2.35. The number of rotatable bonds is 4. The molecule has 14 heavy (non-hydrogen) atoms. The molecule has 0 spiro atoms. The third-order valence-electron chi connectivity index (χ3n) is 1.69. The summed E-state index contributed by atoms with van der Waals surface area (Å²) in [6.45, 7) is 2.60. The quantitative estimate of drug-likeness (QED) is 0.404. The molecule has 6 heteroatoms. The van der Waals surface area contributed by atoms with Gasteiger partial charge in [0.05, 0.1) is 12.7 Å². The first-order valence-corrected chi connectivity index (χ1v) is 4.43. The van der Waals surface area contributed by atoms with Gasteiger partial charge in [-0.05, 0) is 6.42 Å². The van der Waals surface area contributed by atoms with Gasteiger partial charge in [0.2, 0.25) is 0 Å². The van der Waals surface area contributed by atoms with Crippen LogP contribution in [0, 0.1) is 5.21 Å². The van der Waals surface area contributed by atoms with Crippen molar-refractivity contribution < 1.29 is 9.47 Å². The molecule has 0 unspecified atom stereocenters. The summed E-state index contributed by atoms with van der Waals surface area (Å²) < 4.78 is 5.59. The van der Waals surface area contributed by atoms with Crippen LogP contribution >= 0.6 is 0 Å². The van der Waals surface area contributed by atoms with E-state index in [-0.39, 0.29) is 11.8 Å². The van der Waals surface area contributed by atoms with Crippen LogP contribution in [0.15, 0.2) is 6.07 Å². The van der Waals surface area contributed by atoms with Crippen molar-refractivity contribution in [3.8, 4) is 5.88 Å². The molecule has 0 amide bonds. The molecule has 4 N–H and O–H groups in total. The summed E-state index contributed by atoms with van der Waals surface area (Å²) >= 11 is 0. The predicted molar refractivity (Wildman–Crippen MR) is 52.4 cm³/mol. The van der Waals surface area contributed by atoms with Crippen LogP contribution in [0.25, 0.3) is 0 Å². The normalized spacial score (nSPS) is 10.1. The average Bonchev–Trinajstić information content (AvgIpc) is 2.14. The monoisotopic (exact) mass is 198 g/mol. The van der Waals surface area contributed by atoms with Crippen molar-refractivity contribution >= 4 is 11.8 Å². The molecule has 0 bridgehead atoms. The van der Waals surface area contributed by atoms with Crippen LogP contribution in [0.2, 0.25) is 0 Å². The van der Waals surface area contributed by atoms with Gasteiger partial charge in [-0.15, -0.1) is 0 Å². The molecule has 0 radical (unpaired) electrons. The van der Waals surface area contributed by atoms with Gasteiger partial charge >= 0.3 is 5.95 Å². The van der Waals surface area contributed by atoms with Crippen molar-refractivity contribution in [3.05, 3.63) is 11.3 Å². The molecule has 1 heterocycles. The summed E-state index contributed by atoms with van der Waals surface area (Å²) in [5.41, 5.74) is 10.7. The fraction of sp³-hybridized carbons (Fsp3) is 0.500. The number of nitrogen functional groups attached to an aromatic ring is 2. The predicted octanol–water partition coefficient (Wildman–Crippen LogP) is 0.0583. The van der Waals surface area contributed by atoms with E-state index < -0.39 is 0 Å². The van der Waals surface area contributed by atoms with E-state index in [0.717, 1.165) is 12.8 Å². The Morgan fingerprint density at radius 1 is 1.57 bits per heavy atom. The Labute approximate surface area is 82.1 Å². The van der Waals surface area contributed by atoms with Gasteiger partial charge in [-0.3, -0.25) is 0 Å². The SMILES string of the molecule is CCCCOc1cc(N)[n+]([O-])c(N)n1. The van der Waals surface area contributed by atoms with Crippen molar-refractivity contribution in [1.82, 2.24) is 4.98 Å². The molecule has 0 aliphatic rings. The fourth-order valence-corrected chi connectivity index (χ4v) is 0.903. The van der Waals surface area contributed by atoms with Crippen molar-refractivity contribution in [1.29, 1.82) is 0 Å². The minimum absolute atomic E-state index is 0.0102. The highest BCUT2D eigenvalue weighted by Gasteiger charge is 2.07. The smallest absolute Gasteiger partial charge is 0.347 e. The Morgan fingerprint density at radius 3 is 2.86 bits per heavy atom. The molecule has 0 aliphatic heterocycles. The number of unbranched alkanes of at least 4 members (excludes halogenated alkanes) is 1. The maximum atomic E-state index is 11.0. The molecular weight excluding hydrogens is 184 g/mol. The van der Waals surface area contributed by atoms with Gasteiger partial charge in [-0.2, -0.15) is 0 Å². The maximum Gasteiger partial charge on any atom is 0.347 e. The van der Waals surface area contributed by atoms with E-state index in [1.54, 1.807) is 0 Å². The van der Waals surface area contributed by atoms with Gasteiger partial charge in [0.1, 0.15) is 0 Å². The average molecular weight is 198 g/mol. The molecule has 0 atom stereocenters. The number of nitrogens with zero attached hydrogens (tertiary/aromatic N) is 2. The van der Waals surface area contributed by atoms with Crippen LogP contribution in [-0.4, -0.2) is 11.6 Å². The standard InChI is InChI=1S/C8H14N4O2/c1-2-3-4-14-7-5-6(9)12(13)8(10)11-7/h5H,2-4,9H2,1H3,(H2,10,11). The number of hydrogen-bond donors (Lipinski definition) is 2. The minimum atomic E-state index is -0.198. The van der Waals surface area contributed by atoms with Crippen LogP contribution in [0.4, 0.5) is 11.8 Å². The van der Waals surface area contributed by atoms with E-state index >= 15 is 0 Å². The lowest BCUT2D eigenvalue weighted by atomic mass is 10.4. The molecule has 0 aliphatic carbocycles. The zero-order chi connectivity index (χ0) is 10.6. The van der Waals surface area contributed by atoms with Crippen LogP contribution in [0.5, 0.6) is 5.88 Å². The first-order valence-electron chi connectivity index (χ1n) is 4.43. The summed E-state index contributed by atoms with van der Waals surface area (Å²) in [5.74, 6) is 0.0843. The molecular formula is C8H14N4O2. The van der Waals surface area contributed by atoms with E-state index in [9.17, 15) is 5.21 Å². The van der Waals surface area contributed by atoms with Gasteiger partial charge < -0.3 is 21.4 Å². The van der Waals surface area contributed by atoms with Crippen molar-refractivity contribution in [2.45, 2.75) is 19.8 Å². The number of aromatic nitrogens is 2. The lowest BCUT2D eigenvalue weighted by Gasteiger charge is -2.10. The number of nitrogens with two attached hydrogens (primary N) is 2. The van der Waals surface area contributed by atoms with E-state index in [0.29, 0.717) is 17.2 Å². The molecule has 1 rings (SSSR count). The second kappa shape index (κ2) is 4.50. The largest absolute Gasteiger partial charge is 0.754 e. The van der Waals surface area contributed by atoms with Crippen molar-refractivity contribution in [2.24, 2.45) is 0 Å². The Bertz CT molecular complexity index is 293. The van der Waals surface area contributed by atoms with Crippen LogP contribution < -0.4 is 20.9 Å². The van der Waals surface area contributed by atoms with Gasteiger partial charge in [0.25, 0.3) is 5.88 Å². The van der Waals surface area contributed by atoms with Gasteiger partial charge in [0.15, 0.2) is 5.82 Å². The summed E-state index contributed by atoms with van der Waals surface area (Å²) in [5, 5.41) is 11.0. The molecule has 1 aromatic heterocycles. The van der Waals surface area contributed by atoms with Crippen LogP contribution in [0.1, 0.15) is 19.8 Å². The first kappa shape index (κ1) is 10.4. The summed E-state index contributed by atoms with van der Waals surface area (Å²) in [7, 11) is 0. The zero-order valence-electron chi connectivity index (χ0n) is 8.06. The van der Waals surface area contributed by atoms with E-state index in [1.165, 1.54) is 6.07 Å². The Hall–Kier alpha value is -1.72. The summed E-state index contributed by atoms with van der Waals surface area (Å²) in [4.78, 5) is 3.73. The summed E-state index contributed by atoms with van der Waals surface area (Å²) in [6, 6.07) is 1.36. The number of hydrogen-bond acceptors (Lipinski definition) is 5. The minimum Gasteiger partial charge on any atom is -0.754 e. The van der Waals surface area contributed by atoms with Crippen LogP contribution in [0.3, 0.4) is 0 Å². The third kappa shape index (κ3) is 2.38. The second-order valence-corrected chi connectivity index (χ2v) is 2.87. The van der Waals surface area contributed by atoms with Gasteiger partial charge in [-0.1, -0.05) is 18.3 Å². The molecule has 0 fully saturated rings. The first-order chi connectivity index (χ1) is 6.65. The fourth-order valence-electron chi connectivity index (χ4n) is 0.903.